The molecule has 0 aliphatic heterocycles. The van der Waals surface area contributed by atoms with Crippen LogP contribution in [0.3, 0.4) is 0 Å². The highest BCUT2D eigenvalue weighted by molar-refractivity contribution is 9.10. The van der Waals surface area contributed by atoms with Gasteiger partial charge in [0.15, 0.2) is 0 Å². The van der Waals surface area contributed by atoms with Crippen molar-refractivity contribution in [2.45, 2.75) is 6.54 Å². The summed E-state index contributed by atoms with van der Waals surface area (Å²) in [4.78, 5) is 9.35. The van der Waals surface area contributed by atoms with Crippen molar-refractivity contribution in [2.24, 2.45) is 4.99 Å². The molecule has 0 aliphatic carbocycles. The largest absolute Gasteiger partial charge is 0.304 e. The first-order valence-corrected chi connectivity index (χ1v) is 8.88. The first-order chi connectivity index (χ1) is 12.3. The third kappa shape index (κ3) is 3.54. The molecular weight excluding hydrogens is 374 g/mol. The van der Waals surface area contributed by atoms with E-state index in [1.807, 2.05) is 54.7 Å². The molecule has 0 bridgehead atoms. The van der Waals surface area contributed by atoms with Crippen molar-refractivity contribution in [3.63, 3.8) is 0 Å². The van der Waals surface area contributed by atoms with E-state index in [4.69, 9.17) is 4.98 Å². The lowest BCUT2D eigenvalue weighted by molar-refractivity contribution is 0.827. The summed E-state index contributed by atoms with van der Waals surface area (Å²) < 4.78 is 3.21. The molecule has 1 heterocycles. The van der Waals surface area contributed by atoms with Crippen LogP contribution in [0.5, 0.6) is 0 Å². The average molecular weight is 390 g/mol. The lowest BCUT2D eigenvalue weighted by Crippen LogP contribution is -1.99. The van der Waals surface area contributed by atoms with Crippen LogP contribution in [-0.2, 0) is 6.54 Å². The smallest absolute Gasteiger partial charge is 0.230 e. The van der Waals surface area contributed by atoms with Crippen molar-refractivity contribution in [3.05, 3.63) is 94.5 Å². The van der Waals surface area contributed by atoms with Gasteiger partial charge >= 0.3 is 0 Å². The lowest BCUT2D eigenvalue weighted by Gasteiger charge is -2.06. The highest BCUT2D eigenvalue weighted by Gasteiger charge is 2.09. The van der Waals surface area contributed by atoms with Gasteiger partial charge in [0, 0.05) is 10.7 Å². The van der Waals surface area contributed by atoms with Gasteiger partial charge in [-0.2, -0.15) is 0 Å². The molecule has 4 aromatic rings. The predicted octanol–water partition coefficient (Wildman–Crippen LogP) is 5.60. The van der Waals surface area contributed by atoms with E-state index in [9.17, 15) is 0 Å². The van der Waals surface area contributed by atoms with Crippen LogP contribution in [0.1, 0.15) is 11.1 Å². The van der Waals surface area contributed by atoms with Crippen LogP contribution >= 0.6 is 15.9 Å². The van der Waals surface area contributed by atoms with Crippen LogP contribution in [0.25, 0.3) is 11.0 Å². The molecule has 4 heteroatoms. The lowest BCUT2D eigenvalue weighted by atomic mass is 10.2. The maximum Gasteiger partial charge on any atom is 0.230 e. The Bertz CT molecular complexity index is 1020. The van der Waals surface area contributed by atoms with Crippen molar-refractivity contribution in [3.8, 4) is 0 Å². The second kappa shape index (κ2) is 7.03. The number of fused-ring (bicyclic) bond motifs is 1. The molecule has 122 valence electrons. The zero-order chi connectivity index (χ0) is 17.1. The van der Waals surface area contributed by atoms with Gasteiger partial charge in [0.05, 0.1) is 17.6 Å². The summed E-state index contributed by atoms with van der Waals surface area (Å²) >= 11 is 3.45. The number of aliphatic imine (C=N–C) groups is 1. The Balaban J connectivity index is 1.74. The zero-order valence-electron chi connectivity index (χ0n) is 13.5. The van der Waals surface area contributed by atoms with Crippen molar-refractivity contribution in [1.29, 1.82) is 0 Å². The first kappa shape index (κ1) is 15.8. The van der Waals surface area contributed by atoms with Crippen molar-refractivity contribution in [1.82, 2.24) is 9.55 Å². The van der Waals surface area contributed by atoms with Gasteiger partial charge in [-0.05, 0) is 35.4 Å². The van der Waals surface area contributed by atoms with Gasteiger partial charge in [-0.1, -0.05) is 70.5 Å². The molecule has 0 atom stereocenters. The van der Waals surface area contributed by atoms with Crippen molar-refractivity contribution < 1.29 is 0 Å². The Morgan fingerprint density at radius 2 is 1.60 bits per heavy atom. The fourth-order valence-electron chi connectivity index (χ4n) is 2.76. The van der Waals surface area contributed by atoms with Crippen molar-refractivity contribution >= 4 is 39.1 Å². The van der Waals surface area contributed by atoms with Gasteiger partial charge in [0.2, 0.25) is 5.95 Å². The van der Waals surface area contributed by atoms with E-state index in [2.05, 4.69) is 55.8 Å². The molecule has 3 nitrogen and oxygen atoms in total. The summed E-state index contributed by atoms with van der Waals surface area (Å²) in [6, 6.07) is 26.6. The minimum absolute atomic E-state index is 0.716. The van der Waals surface area contributed by atoms with Gasteiger partial charge in [0.25, 0.3) is 0 Å². The monoisotopic (exact) mass is 389 g/mol. The van der Waals surface area contributed by atoms with E-state index in [0.29, 0.717) is 5.95 Å². The normalized spacial score (nSPS) is 11.4. The second-order valence-electron chi connectivity index (χ2n) is 5.78. The number of para-hydroxylation sites is 2. The Morgan fingerprint density at radius 1 is 0.880 bits per heavy atom. The molecule has 0 saturated carbocycles. The number of aromatic nitrogens is 2. The highest BCUT2D eigenvalue weighted by Crippen LogP contribution is 2.23. The molecule has 0 fully saturated rings. The van der Waals surface area contributed by atoms with E-state index < -0.39 is 0 Å². The molecular formula is C21H16BrN3. The summed E-state index contributed by atoms with van der Waals surface area (Å²) in [6.45, 7) is 0.744. The van der Waals surface area contributed by atoms with Crippen LogP contribution in [0.15, 0.2) is 88.3 Å². The maximum atomic E-state index is 4.70. The van der Waals surface area contributed by atoms with Gasteiger partial charge < -0.3 is 4.57 Å². The molecule has 0 N–H and O–H groups in total. The Hall–Kier alpha value is -2.72. The van der Waals surface area contributed by atoms with E-state index >= 15 is 0 Å². The van der Waals surface area contributed by atoms with Crippen LogP contribution in [0, 0.1) is 0 Å². The summed E-state index contributed by atoms with van der Waals surface area (Å²) in [5.74, 6) is 0.716. The molecule has 0 aliphatic rings. The molecule has 0 saturated heterocycles. The number of halogens is 1. The van der Waals surface area contributed by atoms with Gasteiger partial charge in [-0.3, -0.25) is 0 Å². The molecule has 3 aromatic carbocycles. The SMILES string of the molecule is Brc1ccc(C=Nc2nc3ccccc3n2Cc2ccccc2)cc1. The van der Waals surface area contributed by atoms with E-state index in [1.54, 1.807) is 0 Å². The summed E-state index contributed by atoms with van der Waals surface area (Å²) in [5, 5.41) is 0. The second-order valence-corrected chi connectivity index (χ2v) is 6.70. The molecule has 0 radical (unpaired) electrons. The maximum absolute atomic E-state index is 4.70. The molecule has 0 spiro atoms. The number of benzene rings is 3. The van der Waals surface area contributed by atoms with Gasteiger partial charge in [-0.15, -0.1) is 0 Å². The molecule has 0 unspecified atom stereocenters. The van der Waals surface area contributed by atoms with Crippen LogP contribution < -0.4 is 0 Å². The minimum Gasteiger partial charge on any atom is -0.304 e. The molecule has 25 heavy (non-hydrogen) atoms. The van der Waals surface area contributed by atoms with Crippen molar-refractivity contribution in [2.75, 3.05) is 0 Å². The number of hydrogen-bond acceptors (Lipinski definition) is 2. The van der Waals surface area contributed by atoms with Crippen LogP contribution in [0.2, 0.25) is 0 Å². The van der Waals surface area contributed by atoms with Crippen LogP contribution in [0.4, 0.5) is 5.95 Å². The Morgan fingerprint density at radius 3 is 2.40 bits per heavy atom. The third-order valence-electron chi connectivity index (χ3n) is 4.02. The van der Waals surface area contributed by atoms with Gasteiger partial charge in [0.1, 0.15) is 0 Å². The summed E-state index contributed by atoms with van der Waals surface area (Å²) in [7, 11) is 0. The number of imidazole rings is 1. The average Bonchev–Trinajstić information content (AvgIpc) is 3.00. The summed E-state index contributed by atoms with van der Waals surface area (Å²) in [6.07, 6.45) is 1.86. The minimum atomic E-state index is 0.716. The number of rotatable bonds is 4. The predicted molar refractivity (Wildman–Crippen MR) is 107 cm³/mol. The number of hydrogen-bond donors (Lipinski definition) is 0. The Labute approximate surface area is 154 Å². The molecule has 0 amide bonds. The quantitative estimate of drug-likeness (QED) is 0.418. The van der Waals surface area contributed by atoms with E-state index in [-0.39, 0.29) is 0 Å². The summed E-state index contributed by atoms with van der Waals surface area (Å²) in [5.41, 5.74) is 4.32. The van der Waals surface area contributed by atoms with E-state index in [0.717, 1.165) is 27.6 Å². The van der Waals surface area contributed by atoms with Gasteiger partial charge in [-0.25, -0.2) is 9.98 Å². The van der Waals surface area contributed by atoms with Crippen LogP contribution in [-0.4, -0.2) is 15.8 Å². The fourth-order valence-corrected chi connectivity index (χ4v) is 3.03. The zero-order valence-corrected chi connectivity index (χ0v) is 15.1. The highest BCUT2D eigenvalue weighted by atomic mass is 79.9. The fraction of sp³-hybridized carbons (Fsp3) is 0.0476. The first-order valence-electron chi connectivity index (χ1n) is 8.08. The molecule has 4 rings (SSSR count). The Kier molecular flexibility index (Phi) is 4.44. The standard InChI is InChI=1S/C21H16BrN3/c22-18-12-10-16(11-13-18)14-23-21-24-19-8-4-5-9-20(19)25(21)15-17-6-2-1-3-7-17/h1-14H,15H2. The van der Waals surface area contributed by atoms with E-state index in [1.165, 1.54) is 5.56 Å². The molecule has 1 aromatic heterocycles. The topological polar surface area (TPSA) is 30.2 Å². The number of nitrogens with zero attached hydrogens (tertiary/aromatic N) is 3. The third-order valence-corrected chi connectivity index (χ3v) is 4.55.